The second-order valence-electron chi connectivity index (χ2n) is 5.44. The van der Waals surface area contributed by atoms with Crippen molar-refractivity contribution < 1.29 is 0 Å². The maximum atomic E-state index is 6.20. The molecule has 1 heteroatoms. The lowest BCUT2D eigenvalue weighted by molar-refractivity contribution is 0.232. The summed E-state index contributed by atoms with van der Waals surface area (Å²) >= 11 is 0. The van der Waals surface area contributed by atoms with Crippen LogP contribution in [0.1, 0.15) is 64.2 Å². The molecule has 14 heavy (non-hydrogen) atoms. The predicted octanol–water partition coefficient (Wildman–Crippen LogP) is 3.47. The Morgan fingerprint density at radius 3 is 2.21 bits per heavy atom. The molecule has 2 aliphatic carbocycles. The van der Waals surface area contributed by atoms with Crippen LogP contribution in [0.25, 0.3) is 0 Å². The first-order valence-corrected chi connectivity index (χ1v) is 6.62. The van der Waals surface area contributed by atoms with Gasteiger partial charge in [-0.25, -0.2) is 0 Å². The van der Waals surface area contributed by atoms with Crippen molar-refractivity contribution >= 4 is 0 Å². The highest BCUT2D eigenvalue weighted by Crippen LogP contribution is 2.33. The van der Waals surface area contributed by atoms with Crippen molar-refractivity contribution in [2.75, 3.05) is 0 Å². The molecular formula is C13H25N. The lowest BCUT2D eigenvalue weighted by Gasteiger charge is -2.32. The summed E-state index contributed by atoms with van der Waals surface area (Å²) in [5.41, 5.74) is 6.20. The molecule has 2 aliphatic rings. The molecule has 2 fully saturated rings. The Bertz CT molecular complexity index is 155. The largest absolute Gasteiger partial charge is 0.327 e. The van der Waals surface area contributed by atoms with Crippen LogP contribution in [-0.4, -0.2) is 6.04 Å². The molecule has 0 amide bonds. The highest BCUT2D eigenvalue weighted by atomic mass is 14.7. The fourth-order valence-electron chi connectivity index (χ4n) is 3.01. The van der Waals surface area contributed by atoms with E-state index in [-0.39, 0.29) is 0 Å². The molecule has 0 saturated heterocycles. The molecule has 0 radical (unpaired) electrons. The van der Waals surface area contributed by atoms with Crippen LogP contribution in [-0.2, 0) is 0 Å². The molecule has 1 nitrogen and oxygen atoms in total. The van der Waals surface area contributed by atoms with Crippen LogP contribution in [0.2, 0.25) is 0 Å². The third-order valence-electron chi connectivity index (χ3n) is 4.39. The molecule has 0 spiro atoms. The number of nitrogens with two attached hydrogens (primary N) is 1. The van der Waals surface area contributed by atoms with Gasteiger partial charge in [0.25, 0.3) is 0 Å². The Morgan fingerprint density at radius 2 is 1.64 bits per heavy atom. The molecule has 82 valence electrons. The Kier molecular flexibility index (Phi) is 3.86. The molecule has 1 unspecified atom stereocenters. The van der Waals surface area contributed by atoms with Crippen LogP contribution < -0.4 is 5.73 Å². The standard InChI is InChI=1S/C13H25N/c14-13(12-7-4-8-12)10-9-11-5-2-1-3-6-11/h11-13H,1-10,14H2. The maximum Gasteiger partial charge on any atom is 0.00672 e. The van der Waals surface area contributed by atoms with Gasteiger partial charge in [0.15, 0.2) is 0 Å². The van der Waals surface area contributed by atoms with E-state index in [0.29, 0.717) is 6.04 Å². The zero-order valence-electron chi connectivity index (χ0n) is 9.38. The minimum Gasteiger partial charge on any atom is -0.327 e. The molecule has 1 atom stereocenters. The summed E-state index contributed by atoms with van der Waals surface area (Å²) in [5, 5.41) is 0. The van der Waals surface area contributed by atoms with Crippen molar-refractivity contribution in [3.63, 3.8) is 0 Å². The van der Waals surface area contributed by atoms with E-state index in [1.807, 2.05) is 0 Å². The lowest BCUT2D eigenvalue weighted by Crippen LogP contribution is -2.34. The van der Waals surface area contributed by atoms with Crippen LogP contribution in [0.3, 0.4) is 0 Å². The highest BCUT2D eigenvalue weighted by molar-refractivity contribution is 4.81. The SMILES string of the molecule is NC(CCC1CCCCC1)C1CCC1. The average Bonchev–Trinajstić information content (AvgIpc) is 2.14. The number of hydrogen-bond donors (Lipinski definition) is 1. The van der Waals surface area contributed by atoms with Crippen LogP contribution in [0.5, 0.6) is 0 Å². The molecule has 0 aromatic carbocycles. The predicted molar refractivity (Wildman–Crippen MR) is 61.1 cm³/mol. The van der Waals surface area contributed by atoms with Crippen molar-refractivity contribution in [2.24, 2.45) is 17.6 Å². The van der Waals surface area contributed by atoms with Gasteiger partial charge in [-0.2, -0.15) is 0 Å². The summed E-state index contributed by atoms with van der Waals surface area (Å²) in [5.74, 6) is 1.91. The van der Waals surface area contributed by atoms with E-state index in [2.05, 4.69) is 0 Å². The van der Waals surface area contributed by atoms with Gasteiger partial charge in [0.05, 0.1) is 0 Å². The smallest absolute Gasteiger partial charge is 0.00672 e. The van der Waals surface area contributed by atoms with Crippen LogP contribution >= 0.6 is 0 Å². The van der Waals surface area contributed by atoms with E-state index in [4.69, 9.17) is 5.73 Å². The molecule has 0 aliphatic heterocycles. The number of rotatable bonds is 4. The summed E-state index contributed by atoms with van der Waals surface area (Å²) < 4.78 is 0. The van der Waals surface area contributed by atoms with E-state index in [1.165, 1.54) is 64.2 Å². The Hall–Kier alpha value is -0.0400. The van der Waals surface area contributed by atoms with Crippen LogP contribution in [0, 0.1) is 11.8 Å². The molecule has 2 saturated carbocycles. The monoisotopic (exact) mass is 195 g/mol. The van der Waals surface area contributed by atoms with Gasteiger partial charge in [0.1, 0.15) is 0 Å². The molecule has 2 N–H and O–H groups in total. The minimum atomic E-state index is 0.533. The Morgan fingerprint density at radius 1 is 0.929 bits per heavy atom. The summed E-state index contributed by atoms with van der Waals surface area (Å²) in [6.07, 6.45) is 14.4. The topological polar surface area (TPSA) is 26.0 Å². The van der Waals surface area contributed by atoms with Crippen molar-refractivity contribution in [1.82, 2.24) is 0 Å². The summed E-state index contributed by atoms with van der Waals surface area (Å²) in [6.45, 7) is 0. The van der Waals surface area contributed by atoms with E-state index in [9.17, 15) is 0 Å². The molecule has 0 heterocycles. The van der Waals surface area contributed by atoms with Gasteiger partial charge in [0.2, 0.25) is 0 Å². The fourth-order valence-corrected chi connectivity index (χ4v) is 3.01. The van der Waals surface area contributed by atoms with Gasteiger partial charge >= 0.3 is 0 Å². The summed E-state index contributed by atoms with van der Waals surface area (Å²) in [7, 11) is 0. The second-order valence-corrected chi connectivity index (χ2v) is 5.44. The fraction of sp³-hybridized carbons (Fsp3) is 1.00. The first kappa shape index (κ1) is 10.5. The first-order chi connectivity index (χ1) is 6.86. The first-order valence-electron chi connectivity index (χ1n) is 6.62. The van der Waals surface area contributed by atoms with Gasteiger partial charge in [-0.1, -0.05) is 38.5 Å². The van der Waals surface area contributed by atoms with Crippen molar-refractivity contribution in [2.45, 2.75) is 70.3 Å². The summed E-state index contributed by atoms with van der Waals surface area (Å²) in [4.78, 5) is 0. The van der Waals surface area contributed by atoms with Crippen LogP contribution in [0.15, 0.2) is 0 Å². The van der Waals surface area contributed by atoms with E-state index >= 15 is 0 Å². The van der Waals surface area contributed by atoms with Crippen LogP contribution in [0.4, 0.5) is 0 Å². The van der Waals surface area contributed by atoms with Gasteiger partial charge < -0.3 is 5.73 Å². The van der Waals surface area contributed by atoms with Crippen molar-refractivity contribution in [3.8, 4) is 0 Å². The van der Waals surface area contributed by atoms with Gasteiger partial charge in [-0.3, -0.25) is 0 Å². The van der Waals surface area contributed by atoms with Gasteiger partial charge in [-0.05, 0) is 37.5 Å². The Balaban J connectivity index is 1.60. The molecule has 0 aromatic heterocycles. The highest BCUT2D eigenvalue weighted by Gasteiger charge is 2.25. The quantitative estimate of drug-likeness (QED) is 0.730. The third-order valence-corrected chi connectivity index (χ3v) is 4.39. The minimum absolute atomic E-state index is 0.533. The maximum absolute atomic E-state index is 6.20. The molecular weight excluding hydrogens is 170 g/mol. The van der Waals surface area contributed by atoms with Crippen molar-refractivity contribution in [1.29, 1.82) is 0 Å². The normalized spacial score (nSPS) is 27.2. The second kappa shape index (κ2) is 5.16. The Labute approximate surface area is 88.4 Å². The average molecular weight is 195 g/mol. The molecule has 0 aromatic rings. The third kappa shape index (κ3) is 2.73. The molecule has 2 rings (SSSR count). The van der Waals surface area contributed by atoms with Gasteiger partial charge in [-0.15, -0.1) is 0 Å². The zero-order chi connectivity index (χ0) is 9.80. The van der Waals surface area contributed by atoms with Gasteiger partial charge in [0, 0.05) is 6.04 Å². The van der Waals surface area contributed by atoms with E-state index < -0.39 is 0 Å². The number of hydrogen-bond acceptors (Lipinski definition) is 1. The summed E-state index contributed by atoms with van der Waals surface area (Å²) in [6, 6.07) is 0.533. The van der Waals surface area contributed by atoms with E-state index in [1.54, 1.807) is 0 Å². The lowest BCUT2D eigenvalue weighted by atomic mass is 9.76. The van der Waals surface area contributed by atoms with E-state index in [0.717, 1.165) is 11.8 Å². The zero-order valence-corrected chi connectivity index (χ0v) is 9.38. The molecule has 0 bridgehead atoms. The van der Waals surface area contributed by atoms with Crippen molar-refractivity contribution in [3.05, 3.63) is 0 Å².